The molecule has 1 aliphatic heterocycles. The van der Waals surface area contributed by atoms with Crippen LogP contribution in [-0.4, -0.2) is 40.6 Å². The van der Waals surface area contributed by atoms with Crippen molar-refractivity contribution in [2.75, 3.05) is 20.2 Å². The Balaban J connectivity index is 1.43. The quantitative estimate of drug-likeness (QED) is 0.539. The third-order valence-electron chi connectivity index (χ3n) is 5.53. The van der Waals surface area contributed by atoms with Crippen molar-refractivity contribution < 1.29 is 13.9 Å². The smallest absolute Gasteiger partial charge is 0.289 e. The molecule has 1 fully saturated rings. The Morgan fingerprint density at radius 1 is 1.21 bits per heavy atom. The summed E-state index contributed by atoms with van der Waals surface area (Å²) in [6.45, 7) is 3.37. The van der Waals surface area contributed by atoms with E-state index >= 15 is 0 Å². The van der Waals surface area contributed by atoms with E-state index in [-0.39, 0.29) is 11.9 Å². The molecule has 2 aromatic heterocycles. The zero-order chi connectivity index (χ0) is 19.3. The highest BCUT2D eigenvalue weighted by Crippen LogP contribution is 2.32. The Morgan fingerprint density at radius 3 is 2.93 bits per heavy atom. The van der Waals surface area contributed by atoms with Crippen molar-refractivity contribution in [3.8, 4) is 5.75 Å². The van der Waals surface area contributed by atoms with E-state index in [1.807, 2.05) is 48.2 Å². The van der Waals surface area contributed by atoms with E-state index in [0.29, 0.717) is 30.2 Å². The van der Waals surface area contributed by atoms with Gasteiger partial charge >= 0.3 is 0 Å². The molecule has 1 aliphatic rings. The van der Waals surface area contributed by atoms with E-state index in [1.54, 1.807) is 13.2 Å². The number of methoxy groups -OCH3 is 1. The van der Waals surface area contributed by atoms with E-state index in [0.717, 1.165) is 28.7 Å². The van der Waals surface area contributed by atoms with Gasteiger partial charge in [-0.15, -0.1) is 0 Å². The number of carbonyl (C=O) groups is 1. The average Bonchev–Trinajstić information content (AvgIpc) is 3.42. The van der Waals surface area contributed by atoms with Crippen molar-refractivity contribution in [3.05, 3.63) is 60.1 Å². The number of hydrogen-bond acceptors (Lipinski definition) is 4. The van der Waals surface area contributed by atoms with Crippen LogP contribution in [0.25, 0.3) is 22.0 Å². The number of benzene rings is 2. The molecule has 4 aromatic rings. The van der Waals surface area contributed by atoms with Crippen LogP contribution in [-0.2, 0) is 0 Å². The lowest BCUT2D eigenvalue weighted by Crippen LogP contribution is -2.28. The predicted molar refractivity (Wildman–Crippen MR) is 107 cm³/mol. The van der Waals surface area contributed by atoms with Crippen molar-refractivity contribution in [3.63, 3.8) is 0 Å². The molecule has 0 saturated carbocycles. The third kappa shape index (κ3) is 2.56. The molecule has 6 nitrogen and oxygen atoms in total. The van der Waals surface area contributed by atoms with Gasteiger partial charge < -0.3 is 18.6 Å². The number of likely N-dealkylation sites (tertiary alicyclic amines) is 1. The Kier molecular flexibility index (Phi) is 3.86. The molecule has 142 valence electrons. The van der Waals surface area contributed by atoms with Gasteiger partial charge in [0.15, 0.2) is 17.1 Å². The number of para-hydroxylation sites is 3. The lowest BCUT2D eigenvalue weighted by atomic mass is 10.2. The van der Waals surface area contributed by atoms with Gasteiger partial charge in [0.1, 0.15) is 5.82 Å². The number of nitrogens with zero attached hydrogens (tertiary/aromatic N) is 3. The summed E-state index contributed by atoms with van der Waals surface area (Å²) in [5.41, 5.74) is 2.72. The zero-order valence-electron chi connectivity index (χ0n) is 15.9. The molecular formula is C22H21N3O3. The number of aryl methyl sites for hydroxylation is 1. The maximum absolute atomic E-state index is 13.0. The van der Waals surface area contributed by atoms with Crippen LogP contribution in [0.5, 0.6) is 5.75 Å². The molecule has 0 bridgehead atoms. The van der Waals surface area contributed by atoms with E-state index in [9.17, 15) is 4.79 Å². The minimum absolute atomic E-state index is 0.0807. The summed E-state index contributed by atoms with van der Waals surface area (Å²) in [5.74, 6) is 1.89. The van der Waals surface area contributed by atoms with Gasteiger partial charge in [0.25, 0.3) is 5.91 Å². The topological polar surface area (TPSA) is 60.5 Å². The van der Waals surface area contributed by atoms with E-state index in [1.165, 1.54) is 0 Å². The molecule has 1 saturated heterocycles. The molecule has 3 heterocycles. The summed E-state index contributed by atoms with van der Waals surface area (Å²) in [6, 6.07) is 15.8. The molecule has 5 rings (SSSR count). The molecule has 28 heavy (non-hydrogen) atoms. The number of furan rings is 1. The van der Waals surface area contributed by atoms with Crippen molar-refractivity contribution >= 4 is 27.9 Å². The first-order chi connectivity index (χ1) is 13.7. The van der Waals surface area contributed by atoms with Gasteiger partial charge in [-0.1, -0.05) is 24.3 Å². The van der Waals surface area contributed by atoms with Gasteiger partial charge in [-0.2, -0.15) is 0 Å². The van der Waals surface area contributed by atoms with Crippen LogP contribution in [0, 0.1) is 6.92 Å². The molecule has 0 radical (unpaired) electrons. The van der Waals surface area contributed by atoms with Crippen LogP contribution in [0.15, 0.2) is 52.9 Å². The molecule has 2 aromatic carbocycles. The van der Waals surface area contributed by atoms with E-state index in [2.05, 4.69) is 15.6 Å². The number of hydrogen-bond donors (Lipinski definition) is 0. The standard InChI is InChI=1S/C22H21N3O3/c1-14-23-17-7-3-4-8-18(17)25(14)16-10-11-24(13-16)22(26)20-12-15-6-5-9-19(27-2)21(15)28-20/h3-9,12,16H,10-11,13H2,1-2H3. The lowest BCUT2D eigenvalue weighted by Gasteiger charge is -2.17. The Bertz CT molecular complexity index is 1190. The molecule has 0 aliphatic carbocycles. The number of fused-ring (bicyclic) bond motifs is 2. The summed E-state index contributed by atoms with van der Waals surface area (Å²) >= 11 is 0. The van der Waals surface area contributed by atoms with Crippen LogP contribution in [0.1, 0.15) is 28.8 Å². The van der Waals surface area contributed by atoms with Gasteiger partial charge in [-0.3, -0.25) is 4.79 Å². The molecule has 1 unspecified atom stereocenters. The summed E-state index contributed by atoms with van der Waals surface area (Å²) in [5, 5.41) is 0.870. The van der Waals surface area contributed by atoms with Crippen molar-refractivity contribution in [2.24, 2.45) is 0 Å². The number of amides is 1. The van der Waals surface area contributed by atoms with Crippen LogP contribution in [0.4, 0.5) is 0 Å². The third-order valence-corrected chi connectivity index (χ3v) is 5.53. The Hall–Kier alpha value is -3.28. The predicted octanol–water partition coefficient (Wildman–Crippen LogP) is 4.19. The highest BCUT2D eigenvalue weighted by Gasteiger charge is 2.31. The average molecular weight is 375 g/mol. The number of aromatic nitrogens is 2. The van der Waals surface area contributed by atoms with Crippen molar-refractivity contribution in [1.82, 2.24) is 14.5 Å². The summed E-state index contributed by atoms with van der Waals surface area (Å²) < 4.78 is 13.4. The second kappa shape index (κ2) is 6.41. The largest absolute Gasteiger partial charge is 0.493 e. The maximum atomic E-state index is 13.0. The van der Waals surface area contributed by atoms with Crippen LogP contribution >= 0.6 is 0 Å². The fourth-order valence-corrected chi connectivity index (χ4v) is 4.22. The van der Waals surface area contributed by atoms with Crippen LogP contribution in [0.2, 0.25) is 0 Å². The van der Waals surface area contributed by atoms with E-state index in [4.69, 9.17) is 9.15 Å². The second-order valence-corrected chi connectivity index (χ2v) is 7.20. The van der Waals surface area contributed by atoms with Gasteiger partial charge in [0, 0.05) is 18.5 Å². The number of imidazole rings is 1. The fourth-order valence-electron chi connectivity index (χ4n) is 4.22. The zero-order valence-corrected chi connectivity index (χ0v) is 15.9. The normalized spacial score (nSPS) is 16.9. The Labute approximate surface area is 162 Å². The first kappa shape index (κ1) is 16.9. The highest BCUT2D eigenvalue weighted by molar-refractivity contribution is 5.97. The first-order valence-electron chi connectivity index (χ1n) is 9.45. The molecule has 0 spiro atoms. The fraction of sp³-hybridized carbons (Fsp3) is 0.273. The Morgan fingerprint density at radius 2 is 2.07 bits per heavy atom. The summed E-state index contributed by atoms with van der Waals surface area (Å²) in [4.78, 5) is 19.6. The van der Waals surface area contributed by atoms with Gasteiger partial charge in [0.05, 0.1) is 24.2 Å². The molecular weight excluding hydrogens is 354 g/mol. The van der Waals surface area contributed by atoms with E-state index < -0.39 is 0 Å². The van der Waals surface area contributed by atoms with Gasteiger partial charge in [-0.05, 0) is 37.6 Å². The molecule has 0 N–H and O–H groups in total. The van der Waals surface area contributed by atoms with Gasteiger partial charge in [0.2, 0.25) is 0 Å². The highest BCUT2D eigenvalue weighted by atomic mass is 16.5. The van der Waals surface area contributed by atoms with Crippen molar-refractivity contribution in [2.45, 2.75) is 19.4 Å². The number of carbonyl (C=O) groups excluding carboxylic acids is 1. The van der Waals surface area contributed by atoms with Crippen LogP contribution < -0.4 is 4.74 Å². The van der Waals surface area contributed by atoms with Crippen LogP contribution in [0.3, 0.4) is 0 Å². The summed E-state index contributed by atoms with van der Waals surface area (Å²) in [7, 11) is 1.60. The monoisotopic (exact) mass is 375 g/mol. The molecule has 1 atom stereocenters. The molecule has 6 heteroatoms. The summed E-state index contributed by atoms with van der Waals surface area (Å²) in [6.07, 6.45) is 0.899. The minimum Gasteiger partial charge on any atom is -0.493 e. The van der Waals surface area contributed by atoms with Gasteiger partial charge in [-0.25, -0.2) is 4.98 Å². The number of ether oxygens (including phenoxy) is 1. The SMILES string of the molecule is COc1cccc2cc(C(=O)N3CCC(n4c(C)nc5ccccc54)C3)oc12. The maximum Gasteiger partial charge on any atom is 0.289 e. The second-order valence-electron chi connectivity index (χ2n) is 7.20. The number of rotatable bonds is 3. The lowest BCUT2D eigenvalue weighted by molar-refractivity contribution is 0.0758. The first-order valence-corrected chi connectivity index (χ1v) is 9.45. The van der Waals surface area contributed by atoms with Crippen molar-refractivity contribution in [1.29, 1.82) is 0 Å². The molecule has 1 amide bonds. The minimum atomic E-state index is -0.0807.